The topological polar surface area (TPSA) is 58.2 Å². The molecule has 2 N–H and O–H groups in total. The first-order chi connectivity index (χ1) is 12.2. The molecule has 4 nitrogen and oxygen atoms in total. The predicted molar refractivity (Wildman–Crippen MR) is 118 cm³/mol. The van der Waals surface area contributed by atoms with Gasteiger partial charge in [0.2, 0.25) is 0 Å². The van der Waals surface area contributed by atoms with Crippen LogP contribution in [-0.4, -0.2) is 11.7 Å². The van der Waals surface area contributed by atoms with Gasteiger partial charge >= 0.3 is 0 Å². The molecule has 2 rings (SSSR count). The smallest absolute Gasteiger partial charge is 0.272 e. The molecule has 0 unspecified atom stereocenters. The van der Waals surface area contributed by atoms with Crippen LogP contribution in [0.3, 0.4) is 0 Å². The van der Waals surface area contributed by atoms with E-state index in [1.165, 1.54) is 6.08 Å². The van der Waals surface area contributed by atoms with E-state index in [-0.39, 0.29) is 17.4 Å². The number of ketones is 1. The molecule has 0 aliphatic rings. The molecule has 0 radical (unpaired) electrons. The Morgan fingerprint density at radius 1 is 1.00 bits per heavy atom. The van der Waals surface area contributed by atoms with Crippen LogP contribution in [0.5, 0.6) is 0 Å². The van der Waals surface area contributed by atoms with Gasteiger partial charge in [-0.1, -0.05) is 48.8 Å². The summed E-state index contributed by atoms with van der Waals surface area (Å²) in [6.07, 6.45) is 1.37. The fourth-order valence-electron chi connectivity index (χ4n) is 1.95. The van der Waals surface area contributed by atoms with Crippen LogP contribution < -0.4 is 10.6 Å². The molecule has 0 aromatic heterocycles. The Hall–Kier alpha value is -1.67. The summed E-state index contributed by atoms with van der Waals surface area (Å²) in [7, 11) is 0. The first-order valence-electron chi connectivity index (χ1n) is 8.01. The molecule has 6 heteroatoms. The molecule has 0 saturated heterocycles. The average molecular weight is 527 g/mol. The standard InChI is InChI=1S/C20H20BrIN2O2/c1-20(2,3)18(25)12-17(23-14-10-8-13(21)9-11-14)19(26)24-16-7-5-4-6-15(16)22/h4-12,23H,1-3H3,(H,24,26). The van der Waals surface area contributed by atoms with Gasteiger partial charge in [-0.3, -0.25) is 9.59 Å². The second-order valence-corrected chi connectivity index (χ2v) is 8.82. The summed E-state index contributed by atoms with van der Waals surface area (Å²) < 4.78 is 1.85. The van der Waals surface area contributed by atoms with Gasteiger partial charge in [0.25, 0.3) is 5.91 Å². The maximum atomic E-state index is 12.8. The van der Waals surface area contributed by atoms with Crippen LogP contribution in [0.1, 0.15) is 20.8 Å². The molecule has 0 spiro atoms. The van der Waals surface area contributed by atoms with E-state index < -0.39 is 5.41 Å². The summed E-state index contributed by atoms with van der Waals surface area (Å²) in [6.45, 7) is 5.46. The van der Waals surface area contributed by atoms with Crippen LogP contribution in [0.15, 0.2) is 64.8 Å². The van der Waals surface area contributed by atoms with Gasteiger partial charge in [-0.25, -0.2) is 0 Å². The van der Waals surface area contributed by atoms with E-state index >= 15 is 0 Å². The van der Waals surface area contributed by atoms with E-state index in [4.69, 9.17) is 0 Å². The largest absolute Gasteiger partial charge is 0.351 e. The second kappa shape index (κ2) is 8.81. The van der Waals surface area contributed by atoms with Crippen LogP contribution in [0.2, 0.25) is 0 Å². The van der Waals surface area contributed by atoms with E-state index in [0.29, 0.717) is 5.69 Å². The minimum absolute atomic E-state index is 0.130. The highest BCUT2D eigenvalue weighted by Gasteiger charge is 2.22. The van der Waals surface area contributed by atoms with Crippen molar-refractivity contribution in [2.45, 2.75) is 20.8 Å². The molecule has 0 aliphatic heterocycles. The van der Waals surface area contributed by atoms with Gasteiger partial charge in [0.05, 0.1) is 5.69 Å². The van der Waals surface area contributed by atoms with Gasteiger partial charge in [0.15, 0.2) is 5.78 Å². The fourth-order valence-corrected chi connectivity index (χ4v) is 2.73. The number of hydrogen-bond donors (Lipinski definition) is 2. The minimum atomic E-state index is -0.575. The normalized spacial score (nSPS) is 11.8. The summed E-state index contributed by atoms with van der Waals surface area (Å²) >= 11 is 5.54. The van der Waals surface area contributed by atoms with Gasteiger partial charge in [-0.2, -0.15) is 0 Å². The first kappa shape index (κ1) is 20.6. The average Bonchev–Trinajstić information content (AvgIpc) is 2.57. The number of amides is 1. The van der Waals surface area contributed by atoms with Crippen molar-refractivity contribution in [1.82, 2.24) is 0 Å². The SMILES string of the molecule is CC(C)(C)C(=O)C=C(Nc1ccc(Br)cc1)C(=O)Nc1ccccc1I. The second-order valence-electron chi connectivity index (χ2n) is 6.74. The van der Waals surface area contributed by atoms with Crippen molar-refractivity contribution < 1.29 is 9.59 Å². The number of hydrogen-bond acceptors (Lipinski definition) is 3. The molecule has 2 aromatic carbocycles. The zero-order valence-electron chi connectivity index (χ0n) is 14.8. The Labute approximate surface area is 175 Å². The molecule has 0 heterocycles. The van der Waals surface area contributed by atoms with Crippen molar-refractivity contribution >= 4 is 61.6 Å². The number of allylic oxidation sites excluding steroid dienone is 1. The molecule has 0 bridgehead atoms. The number of carbonyl (C=O) groups excluding carboxylic acids is 2. The number of para-hydroxylation sites is 1. The van der Waals surface area contributed by atoms with Crippen molar-refractivity contribution in [2.24, 2.45) is 5.41 Å². The molecule has 0 saturated carbocycles. The zero-order chi connectivity index (χ0) is 19.3. The van der Waals surface area contributed by atoms with Crippen LogP contribution >= 0.6 is 38.5 Å². The van der Waals surface area contributed by atoms with E-state index in [2.05, 4.69) is 49.2 Å². The maximum Gasteiger partial charge on any atom is 0.272 e. The van der Waals surface area contributed by atoms with Gasteiger partial charge in [-0.05, 0) is 59.0 Å². The molecule has 26 heavy (non-hydrogen) atoms. The maximum absolute atomic E-state index is 12.8. The van der Waals surface area contributed by atoms with Crippen LogP contribution in [-0.2, 0) is 9.59 Å². The van der Waals surface area contributed by atoms with E-state index in [1.54, 1.807) is 0 Å². The highest BCUT2D eigenvalue weighted by molar-refractivity contribution is 14.1. The molecule has 1 amide bonds. The van der Waals surface area contributed by atoms with Crippen molar-refractivity contribution in [3.05, 3.63) is 68.3 Å². The Morgan fingerprint density at radius 2 is 1.62 bits per heavy atom. The van der Waals surface area contributed by atoms with Gasteiger partial charge < -0.3 is 10.6 Å². The Balaban J connectivity index is 2.31. The first-order valence-corrected chi connectivity index (χ1v) is 9.88. The van der Waals surface area contributed by atoms with E-state index in [9.17, 15) is 9.59 Å². The lowest BCUT2D eigenvalue weighted by atomic mass is 9.90. The summed E-state index contributed by atoms with van der Waals surface area (Å²) in [4.78, 5) is 25.2. The summed E-state index contributed by atoms with van der Waals surface area (Å²) in [6, 6.07) is 14.9. The highest BCUT2D eigenvalue weighted by atomic mass is 127. The number of benzene rings is 2. The third-order valence-corrected chi connectivity index (χ3v) is 4.97. The van der Waals surface area contributed by atoms with Crippen LogP contribution in [0, 0.1) is 8.99 Å². The van der Waals surface area contributed by atoms with Crippen LogP contribution in [0.4, 0.5) is 11.4 Å². The van der Waals surface area contributed by atoms with E-state index in [0.717, 1.165) is 13.7 Å². The van der Waals surface area contributed by atoms with Crippen molar-refractivity contribution in [2.75, 3.05) is 10.6 Å². The number of nitrogens with one attached hydrogen (secondary N) is 2. The lowest BCUT2D eigenvalue weighted by molar-refractivity contribution is -0.122. The quantitative estimate of drug-likeness (QED) is 0.393. The molecular formula is C20H20BrIN2O2. The van der Waals surface area contributed by atoms with Crippen LogP contribution in [0.25, 0.3) is 0 Å². The molecular weight excluding hydrogens is 507 g/mol. The fraction of sp³-hybridized carbons (Fsp3) is 0.200. The Kier molecular flexibility index (Phi) is 7.00. The number of carbonyl (C=O) groups is 2. The third kappa shape index (κ3) is 5.95. The predicted octanol–water partition coefficient (Wildman–Crippen LogP) is 5.60. The molecule has 136 valence electrons. The minimum Gasteiger partial charge on any atom is -0.351 e. The Morgan fingerprint density at radius 3 is 2.19 bits per heavy atom. The lowest BCUT2D eigenvalue weighted by Crippen LogP contribution is -2.25. The molecule has 2 aromatic rings. The summed E-state index contributed by atoms with van der Waals surface area (Å²) in [5, 5.41) is 5.91. The summed E-state index contributed by atoms with van der Waals surface area (Å²) in [5.74, 6) is -0.496. The monoisotopic (exact) mass is 526 g/mol. The van der Waals surface area contributed by atoms with Crippen molar-refractivity contribution in [3.8, 4) is 0 Å². The van der Waals surface area contributed by atoms with Crippen molar-refractivity contribution in [1.29, 1.82) is 0 Å². The molecule has 0 atom stereocenters. The highest BCUT2D eigenvalue weighted by Crippen LogP contribution is 2.21. The van der Waals surface area contributed by atoms with Gasteiger partial charge in [-0.15, -0.1) is 0 Å². The number of halogens is 2. The number of rotatable bonds is 5. The number of anilines is 2. The van der Waals surface area contributed by atoms with Crippen molar-refractivity contribution in [3.63, 3.8) is 0 Å². The lowest BCUT2D eigenvalue weighted by Gasteiger charge is -2.17. The summed E-state index contributed by atoms with van der Waals surface area (Å²) in [5.41, 5.74) is 1.05. The van der Waals surface area contributed by atoms with Gasteiger partial charge in [0, 0.05) is 25.2 Å². The molecule has 0 aliphatic carbocycles. The zero-order valence-corrected chi connectivity index (χ0v) is 18.5. The third-order valence-electron chi connectivity index (χ3n) is 3.50. The van der Waals surface area contributed by atoms with E-state index in [1.807, 2.05) is 69.3 Å². The Bertz CT molecular complexity index is 840. The van der Waals surface area contributed by atoms with Gasteiger partial charge in [0.1, 0.15) is 5.70 Å². The molecule has 0 fully saturated rings.